The van der Waals surface area contributed by atoms with Crippen LogP contribution in [0.25, 0.3) is 0 Å². The molecule has 1 aliphatic carbocycles. The smallest absolute Gasteiger partial charge is 0.161 e. The summed E-state index contributed by atoms with van der Waals surface area (Å²) in [6.45, 7) is 4.78. The number of rotatable bonds is 3. The van der Waals surface area contributed by atoms with Crippen molar-refractivity contribution in [1.82, 2.24) is 5.32 Å². The third-order valence-corrected chi connectivity index (χ3v) is 4.24. The van der Waals surface area contributed by atoms with Gasteiger partial charge < -0.3 is 14.8 Å². The first kappa shape index (κ1) is 12.8. The maximum absolute atomic E-state index is 5.73. The van der Waals surface area contributed by atoms with Gasteiger partial charge in [-0.05, 0) is 36.5 Å². The highest BCUT2D eigenvalue weighted by molar-refractivity contribution is 5.43. The van der Waals surface area contributed by atoms with Gasteiger partial charge in [-0.1, -0.05) is 19.4 Å². The molecule has 2 atom stereocenters. The van der Waals surface area contributed by atoms with Crippen molar-refractivity contribution >= 4 is 0 Å². The predicted octanol–water partition coefficient (Wildman–Crippen LogP) is 3.13. The van der Waals surface area contributed by atoms with E-state index in [0.717, 1.165) is 43.6 Å². The highest BCUT2D eigenvalue weighted by atomic mass is 16.5. The molecular weight excluding hydrogens is 238 g/mol. The van der Waals surface area contributed by atoms with Gasteiger partial charge in [0.25, 0.3) is 0 Å². The van der Waals surface area contributed by atoms with Crippen LogP contribution in [0.5, 0.6) is 11.5 Å². The van der Waals surface area contributed by atoms with E-state index in [4.69, 9.17) is 9.47 Å². The molecule has 2 unspecified atom stereocenters. The van der Waals surface area contributed by atoms with Crippen molar-refractivity contribution < 1.29 is 9.47 Å². The number of hydrogen-bond donors (Lipinski definition) is 1. The third-order valence-electron chi connectivity index (χ3n) is 4.24. The lowest BCUT2D eigenvalue weighted by atomic mass is 10.1. The minimum absolute atomic E-state index is 0.677. The van der Waals surface area contributed by atoms with E-state index in [9.17, 15) is 0 Å². The molecule has 1 aromatic carbocycles. The SMILES string of the molecule is CC1CCCC1NCc1ccc2c(c1)OCCCO2. The van der Waals surface area contributed by atoms with Crippen LogP contribution in [0.3, 0.4) is 0 Å². The average Bonchev–Trinajstić information content (AvgIpc) is 2.70. The van der Waals surface area contributed by atoms with Crippen molar-refractivity contribution in [3.05, 3.63) is 23.8 Å². The van der Waals surface area contributed by atoms with E-state index in [-0.39, 0.29) is 0 Å². The van der Waals surface area contributed by atoms with Gasteiger partial charge in [0.2, 0.25) is 0 Å². The van der Waals surface area contributed by atoms with E-state index in [2.05, 4.69) is 24.4 Å². The molecule has 0 spiro atoms. The number of hydrogen-bond acceptors (Lipinski definition) is 3. The summed E-state index contributed by atoms with van der Waals surface area (Å²) in [7, 11) is 0. The molecule has 19 heavy (non-hydrogen) atoms. The quantitative estimate of drug-likeness (QED) is 0.906. The molecule has 2 aliphatic rings. The molecule has 0 amide bonds. The van der Waals surface area contributed by atoms with Crippen LogP contribution in [-0.4, -0.2) is 19.3 Å². The standard InChI is InChI=1S/C16H23NO2/c1-12-4-2-5-14(12)17-11-13-6-7-15-16(10-13)19-9-3-8-18-15/h6-7,10,12,14,17H,2-5,8-9,11H2,1H3. The lowest BCUT2D eigenvalue weighted by molar-refractivity contribution is 0.297. The largest absolute Gasteiger partial charge is 0.490 e. The summed E-state index contributed by atoms with van der Waals surface area (Å²) in [5, 5.41) is 3.67. The fourth-order valence-corrected chi connectivity index (χ4v) is 3.02. The molecule has 0 aromatic heterocycles. The van der Waals surface area contributed by atoms with Gasteiger partial charge in [-0.2, -0.15) is 0 Å². The van der Waals surface area contributed by atoms with Gasteiger partial charge in [0.1, 0.15) is 0 Å². The van der Waals surface area contributed by atoms with Gasteiger partial charge in [0, 0.05) is 19.0 Å². The van der Waals surface area contributed by atoms with Gasteiger partial charge in [-0.25, -0.2) is 0 Å². The fraction of sp³-hybridized carbons (Fsp3) is 0.625. The molecule has 1 heterocycles. The fourth-order valence-electron chi connectivity index (χ4n) is 3.02. The van der Waals surface area contributed by atoms with Crippen LogP contribution in [0.2, 0.25) is 0 Å². The molecule has 1 aromatic rings. The van der Waals surface area contributed by atoms with Crippen LogP contribution >= 0.6 is 0 Å². The molecule has 1 saturated carbocycles. The van der Waals surface area contributed by atoms with Crippen LogP contribution in [0.15, 0.2) is 18.2 Å². The molecule has 1 fully saturated rings. The molecule has 0 bridgehead atoms. The Bertz CT molecular complexity index is 433. The number of nitrogens with one attached hydrogen (secondary N) is 1. The Kier molecular flexibility index (Phi) is 3.92. The number of benzene rings is 1. The Labute approximate surface area is 115 Å². The third kappa shape index (κ3) is 3.03. The van der Waals surface area contributed by atoms with Gasteiger partial charge in [-0.3, -0.25) is 0 Å². The van der Waals surface area contributed by atoms with E-state index < -0.39 is 0 Å². The Morgan fingerprint density at radius 3 is 2.74 bits per heavy atom. The first-order chi connectivity index (χ1) is 9.33. The van der Waals surface area contributed by atoms with Crippen molar-refractivity contribution in [2.24, 2.45) is 5.92 Å². The summed E-state index contributed by atoms with van der Waals surface area (Å²) in [5.74, 6) is 2.59. The number of ether oxygens (including phenoxy) is 2. The summed E-state index contributed by atoms with van der Waals surface area (Å²) in [4.78, 5) is 0. The summed E-state index contributed by atoms with van der Waals surface area (Å²) >= 11 is 0. The van der Waals surface area contributed by atoms with Crippen LogP contribution in [0, 0.1) is 5.92 Å². The Morgan fingerprint density at radius 2 is 1.95 bits per heavy atom. The van der Waals surface area contributed by atoms with Crippen LogP contribution in [0.4, 0.5) is 0 Å². The van der Waals surface area contributed by atoms with E-state index in [1.807, 2.05) is 6.07 Å². The molecule has 104 valence electrons. The van der Waals surface area contributed by atoms with Gasteiger partial charge in [0.15, 0.2) is 11.5 Å². The monoisotopic (exact) mass is 261 g/mol. The maximum atomic E-state index is 5.73. The summed E-state index contributed by atoms with van der Waals surface area (Å²) in [6, 6.07) is 6.97. The maximum Gasteiger partial charge on any atom is 0.161 e. The van der Waals surface area contributed by atoms with Gasteiger partial charge in [-0.15, -0.1) is 0 Å². The molecule has 0 radical (unpaired) electrons. The highest BCUT2D eigenvalue weighted by Crippen LogP contribution is 2.31. The predicted molar refractivity (Wildman–Crippen MR) is 75.7 cm³/mol. The van der Waals surface area contributed by atoms with Crippen LogP contribution in [0.1, 0.15) is 38.2 Å². The topological polar surface area (TPSA) is 30.5 Å². The summed E-state index contributed by atoms with van der Waals surface area (Å²) in [5.41, 5.74) is 1.28. The normalized spacial score (nSPS) is 26.2. The molecule has 3 nitrogen and oxygen atoms in total. The highest BCUT2D eigenvalue weighted by Gasteiger charge is 2.22. The Balaban J connectivity index is 1.63. The molecule has 1 aliphatic heterocycles. The van der Waals surface area contributed by atoms with E-state index >= 15 is 0 Å². The molecule has 0 saturated heterocycles. The number of fused-ring (bicyclic) bond motifs is 1. The van der Waals surface area contributed by atoms with Gasteiger partial charge >= 0.3 is 0 Å². The van der Waals surface area contributed by atoms with Crippen molar-refractivity contribution in [3.63, 3.8) is 0 Å². The second kappa shape index (κ2) is 5.83. The van der Waals surface area contributed by atoms with Crippen molar-refractivity contribution in [1.29, 1.82) is 0 Å². The van der Waals surface area contributed by atoms with Crippen LogP contribution in [-0.2, 0) is 6.54 Å². The first-order valence-electron chi connectivity index (χ1n) is 7.45. The average molecular weight is 261 g/mol. The van der Waals surface area contributed by atoms with Crippen molar-refractivity contribution in [3.8, 4) is 11.5 Å². The molecule has 3 heteroatoms. The molecule has 1 N–H and O–H groups in total. The first-order valence-corrected chi connectivity index (χ1v) is 7.45. The lowest BCUT2D eigenvalue weighted by Crippen LogP contribution is -2.30. The second-order valence-corrected chi connectivity index (χ2v) is 5.73. The zero-order chi connectivity index (χ0) is 13.1. The van der Waals surface area contributed by atoms with Crippen LogP contribution < -0.4 is 14.8 Å². The Morgan fingerprint density at radius 1 is 1.11 bits per heavy atom. The zero-order valence-electron chi connectivity index (χ0n) is 11.7. The molecule has 3 rings (SSSR count). The zero-order valence-corrected chi connectivity index (χ0v) is 11.7. The Hall–Kier alpha value is -1.22. The van der Waals surface area contributed by atoms with E-state index in [1.54, 1.807) is 0 Å². The van der Waals surface area contributed by atoms with E-state index in [0.29, 0.717) is 6.04 Å². The van der Waals surface area contributed by atoms with Crippen molar-refractivity contribution in [2.45, 2.75) is 45.2 Å². The second-order valence-electron chi connectivity index (χ2n) is 5.73. The minimum Gasteiger partial charge on any atom is -0.490 e. The molecular formula is C16H23NO2. The minimum atomic E-state index is 0.677. The summed E-state index contributed by atoms with van der Waals surface area (Å²) in [6.07, 6.45) is 4.99. The van der Waals surface area contributed by atoms with Crippen molar-refractivity contribution in [2.75, 3.05) is 13.2 Å². The lowest BCUT2D eigenvalue weighted by Gasteiger charge is -2.17. The summed E-state index contributed by atoms with van der Waals surface area (Å²) < 4.78 is 11.4. The van der Waals surface area contributed by atoms with Gasteiger partial charge in [0.05, 0.1) is 13.2 Å². The van der Waals surface area contributed by atoms with E-state index in [1.165, 1.54) is 24.8 Å².